The Balaban J connectivity index is 3.08. The number of rotatable bonds is 17. The normalized spacial score (nSPS) is 12.7. The molecular formula is C14H31NO6. The van der Waals surface area contributed by atoms with Crippen molar-refractivity contribution in [3.63, 3.8) is 0 Å². The van der Waals surface area contributed by atoms with E-state index in [2.05, 4.69) is 0 Å². The lowest BCUT2D eigenvalue weighted by Crippen LogP contribution is -2.28. The largest absolute Gasteiger partial charge is 0.379 e. The SMILES string of the molecule is CCOCCOCCOCCOCCOC(CN)OCC. The van der Waals surface area contributed by atoms with Gasteiger partial charge in [0.25, 0.3) is 0 Å². The Morgan fingerprint density at radius 3 is 1.52 bits per heavy atom. The zero-order valence-electron chi connectivity index (χ0n) is 13.4. The van der Waals surface area contributed by atoms with Crippen LogP contribution in [0.15, 0.2) is 0 Å². The molecular weight excluding hydrogens is 278 g/mol. The molecule has 0 heterocycles. The molecule has 0 amide bonds. The summed E-state index contributed by atoms with van der Waals surface area (Å²) in [6, 6.07) is 0. The number of hydrogen-bond donors (Lipinski definition) is 1. The van der Waals surface area contributed by atoms with Crippen LogP contribution in [0.1, 0.15) is 13.8 Å². The number of hydrogen-bond acceptors (Lipinski definition) is 7. The summed E-state index contributed by atoms with van der Waals surface area (Å²) in [6.07, 6.45) is -0.344. The van der Waals surface area contributed by atoms with Crippen molar-refractivity contribution in [1.82, 2.24) is 0 Å². The van der Waals surface area contributed by atoms with Crippen LogP contribution in [0.25, 0.3) is 0 Å². The van der Waals surface area contributed by atoms with Crippen molar-refractivity contribution in [2.24, 2.45) is 5.73 Å². The summed E-state index contributed by atoms with van der Waals surface area (Å²) >= 11 is 0. The fraction of sp³-hybridized carbons (Fsp3) is 1.00. The van der Waals surface area contributed by atoms with Gasteiger partial charge in [0.1, 0.15) is 0 Å². The highest BCUT2D eigenvalue weighted by Crippen LogP contribution is 1.92. The summed E-state index contributed by atoms with van der Waals surface area (Å²) < 4.78 is 31.8. The third-order valence-electron chi connectivity index (χ3n) is 2.40. The monoisotopic (exact) mass is 309 g/mol. The van der Waals surface area contributed by atoms with Crippen LogP contribution in [0.5, 0.6) is 0 Å². The molecule has 0 saturated carbocycles. The minimum atomic E-state index is -0.344. The Labute approximate surface area is 128 Å². The van der Waals surface area contributed by atoms with Crippen LogP contribution >= 0.6 is 0 Å². The second kappa shape index (κ2) is 17.8. The van der Waals surface area contributed by atoms with E-state index >= 15 is 0 Å². The van der Waals surface area contributed by atoms with Crippen LogP contribution in [0.2, 0.25) is 0 Å². The van der Waals surface area contributed by atoms with Gasteiger partial charge in [0.2, 0.25) is 0 Å². The van der Waals surface area contributed by atoms with E-state index in [1.165, 1.54) is 0 Å². The molecule has 0 aliphatic carbocycles. The van der Waals surface area contributed by atoms with Gasteiger partial charge in [-0.1, -0.05) is 0 Å². The molecule has 0 aliphatic rings. The molecule has 0 fully saturated rings. The predicted molar refractivity (Wildman–Crippen MR) is 79.4 cm³/mol. The van der Waals surface area contributed by atoms with Gasteiger partial charge in [0.05, 0.1) is 52.9 Å². The summed E-state index contributed by atoms with van der Waals surface area (Å²) in [5.41, 5.74) is 5.48. The zero-order chi connectivity index (χ0) is 15.6. The molecule has 1 unspecified atom stereocenters. The average Bonchev–Trinajstić information content (AvgIpc) is 2.50. The average molecular weight is 309 g/mol. The first-order chi connectivity index (χ1) is 10.3. The lowest BCUT2D eigenvalue weighted by Gasteiger charge is -2.15. The molecule has 0 aromatic rings. The molecule has 128 valence electrons. The van der Waals surface area contributed by atoms with E-state index in [1.54, 1.807) is 0 Å². The summed E-state index contributed by atoms with van der Waals surface area (Å²) in [5, 5.41) is 0. The molecule has 0 saturated heterocycles. The molecule has 0 aliphatic heterocycles. The van der Waals surface area contributed by atoms with Gasteiger partial charge < -0.3 is 34.2 Å². The minimum absolute atomic E-state index is 0.344. The second-order valence-corrected chi connectivity index (χ2v) is 4.03. The number of ether oxygens (including phenoxy) is 6. The van der Waals surface area contributed by atoms with Crippen molar-refractivity contribution >= 4 is 0 Å². The van der Waals surface area contributed by atoms with E-state index in [0.29, 0.717) is 66.0 Å². The van der Waals surface area contributed by atoms with Crippen molar-refractivity contribution in [2.75, 3.05) is 72.6 Å². The fourth-order valence-corrected chi connectivity index (χ4v) is 1.41. The van der Waals surface area contributed by atoms with Crippen molar-refractivity contribution in [3.05, 3.63) is 0 Å². The molecule has 0 spiro atoms. The van der Waals surface area contributed by atoms with Gasteiger partial charge in [-0.25, -0.2) is 0 Å². The summed E-state index contributed by atoms with van der Waals surface area (Å²) in [5.74, 6) is 0. The molecule has 7 nitrogen and oxygen atoms in total. The maximum Gasteiger partial charge on any atom is 0.169 e. The first kappa shape index (κ1) is 20.7. The van der Waals surface area contributed by atoms with Crippen molar-refractivity contribution < 1.29 is 28.4 Å². The lowest BCUT2D eigenvalue weighted by molar-refractivity contribution is -0.142. The van der Waals surface area contributed by atoms with Gasteiger partial charge in [0, 0.05) is 19.8 Å². The van der Waals surface area contributed by atoms with Crippen LogP contribution in [-0.2, 0) is 28.4 Å². The third-order valence-corrected chi connectivity index (χ3v) is 2.40. The van der Waals surface area contributed by atoms with Crippen LogP contribution in [-0.4, -0.2) is 78.9 Å². The molecule has 7 heteroatoms. The molecule has 0 rings (SSSR count). The standard InChI is InChI=1S/C14H31NO6/c1-3-16-5-6-17-7-8-18-9-10-19-11-12-21-14(13-15)20-4-2/h14H,3-13,15H2,1-2H3. The topological polar surface area (TPSA) is 81.4 Å². The Morgan fingerprint density at radius 2 is 1.10 bits per heavy atom. The van der Waals surface area contributed by atoms with E-state index < -0.39 is 0 Å². The van der Waals surface area contributed by atoms with E-state index in [0.717, 1.165) is 6.61 Å². The third kappa shape index (κ3) is 15.9. The first-order valence-corrected chi connectivity index (χ1v) is 7.59. The maximum atomic E-state index is 5.48. The van der Waals surface area contributed by atoms with E-state index in [-0.39, 0.29) is 6.29 Å². The Hall–Kier alpha value is -0.280. The molecule has 0 bridgehead atoms. The van der Waals surface area contributed by atoms with Crippen LogP contribution in [0.3, 0.4) is 0 Å². The molecule has 0 aromatic carbocycles. The molecule has 0 aromatic heterocycles. The summed E-state index contributed by atoms with van der Waals surface area (Å²) in [7, 11) is 0. The van der Waals surface area contributed by atoms with Crippen LogP contribution in [0, 0.1) is 0 Å². The second-order valence-electron chi connectivity index (χ2n) is 4.03. The molecule has 21 heavy (non-hydrogen) atoms. The Bertz CT molecular complexity index is 196. The first-order valence-electron chi connectivity index (χ1n) is 7.59. The highest BCUT2D eigenvalue weighted by molar-refractivity contribution is 4.43. The fourth-order valence-electron chi connectivity index (χ4n) is 1.41. The highest BCUT2D eigenvalue weighted by Gasteiger charge is 2.04. The predicted octanol–water partition coefficient (Wildman–Crippen LogP) is 0.411. The zero-order valence-corrected chi connectivity index (χ0v) is 13.4. The van der Waals surface area contributed by atoms with E-state index in [1.807, 2.05) is 13.8 Å². The lowest BCUT2D eigenvalue weighted by atomic mass is 10.6. The van der Waals surface area contributed by atoms with E-state index in [4.69, 9.17) is 34.2 Å². The van der Waals surface area contributed by atoms with Gasteiger partial charge in [-0.3, -0.25) is 0 Å². The quantitative estimate of drug-likeness (QED) is 0.308. The molecule has 2 N–H and O–H groups in total. The van der Waals surface area contributed by atoms with Gasteiger partial charge in [-0.2, -0.15) is 0 Å². The summed E-state index contributed by atoms with van der Waals surface area (Å²) in [6.45, 7) is 9.92. The minimum Gasteiger partial charge on any atom is -0.379 e. The van der Waals surface area contributed by atoms with E-state index in [9.17, 15) is 0 Å². The molecule has 1 atom stereocenters. The van der Waals surface area contributed by atoms with Crippen LogP contribution < -0.4 is 5.73 Å². The van der Waals surface area contributed by atoms with Crippen molar-refractivity contribution in [2.45, 2.75) is 20.1 Å². The van der Waals surface area contributed by atoms with Crippen molar-refractivity contribution in [3.8, 4) is 0 Å². The summed E-state index contributed by atoms with van der Waals surface area (Å²) in [4.78, 5) is 0. The van der Waals surface area contributed by atoms with Gasteiger partial charge in [-0.05, 0) is 13.8 Å². The maximum absolute atomic E-state index is 5.48. The smallest absolute Gasteiger partial charge is 0.169 e. The van der Waals surface area contributed by atoms with Crippen LogP contribution in [0.4, 0.5) is 0 Å². The van der Waals surface area contributed by atoms with Crippen molar-refractivity contribution in [1.29, 1.82) is 0 Å². The van der Waals surface area contributed by atoms with Gasteiger partial charge >= 0.3 is 0 Å². The Morgan fingerprint density at radius 1 is 0.619 bits per heavy atom. The van der Waals surface area contributed by atoms with Gasteiger partial charge in [-0.15, -0.1) is 0 Å². The van der Waals surface area contributed by atoms with Gasteiger partial charge in [0.15, 0.2) is 6.29 Å². The molecule has 0 radical (unpaired) electrons. The number of nitrogens with two attached hydrogens (primary N) is 1. The Kier molecular flexibility index (Phi) is 17.5. The highest BCUT2D eigenvalue weighted by atomic mass is 16.7.